The van der Waals surface area contributed by atoms with Crippen molar-refractivity contribution in [1.29, 1.82) is 0 Å². The van der Waals surface area contributed by atoms with Crippen LogP contribution in [0.4, 0.5) is 0 Å². The van der Waals surface area contributed by atoms with Crippen molar-refractivity contribution in [2.75, 3.05) is 6.61 Å². The number of hydrogen-bond acceptors (Lipinski definition) is 6. The van der Waals surface area contributed by atoms with E-state index in [1.807, 2.05) is 13.0 Å². The van der Waals surface area contributed by atoms with Gasteiger partial charge in [0, 0.05) is 17.3 Å². The van der Waals surface area contributed by atoms with Crippen molar-refractivity contribution in [3.8, 4) is 17.1 Å². The molecule has 0 spiro atoms. The van der Waals surface area contributed by atoms with Crippen molar-refractivity contribution in [1.82, 2.24) is 24.6 Å². The van der Waals surface area contributed by atoms with Crippen LogP contribution >= 0.6 is 0 Å². The summed E-state index contributed by atoms with van der Waals surface area (Å²) in [5, 5.41) is 8.94. The summed E-state index contributed by atoms with van der Waals surface area (Å²) in [7, 11) is 0. The van der Waals surface area contributed by atoms with E-state index in [4.69, 9.17) is 15.5 Å². The molecule has 7 heteroatoms. The van der Waals surface area contributed by atoms with Gasteiger partial charge in [-0.1, -0.05) is 19.4 Å². The number of hydrogen-bond donors (Lipinski definition) is 1. The molecule has 3 heterocycles. The Morgan fingerprint density at radius 2 is 2.03 bits per heavy atom. The maximum absolute atomic E-state index is 6.51. The molecule has 1 aromatic carbocycles. The van der Waals surface area contributed by atoms with Gasteiger partial charge in [0.15, 0.2) is 11.5 Å². The fourth-order valence-electron chi connectivity index (χ4n) is 4.29. The molecule has 0 atom stereocenters. The van der Waals surface area contributed by atoms with E-state index < -0.39 is 0 Å². The Morgan fingerprint density at radius 1 is 1.16 bits per heavy atom. The lowest BCUT2D eigenvalue weighted by atomic mass is 9.74. The van der Waals surface area contributed by atoms with E-state index in [0.29, 0.717) is 6.61 Å². The maximum atomic E-state index is 6.51. The fourth-order valence-corrected chi connectivity index (χ4v) is 4.29. The number of benzene rings is 1. The first-order valence-electron chi connectivity index (χ1n) is 11.1. The Kier molecular flexibility index (Phi) is 5.06. The van der Waals surface area contributed by atoms with E-state index in [9.17, 15) is 0 Å². The Morgan fingerprint density at radius 3 is 2.81 bits per heavy atom. The lowest BCUT2D eigenvalue weighted by Crippen LogP contribution is -2.48. The first kappa shape index (κ1) is 19.9. The highest BCUT2D eigenvalue weighted by Crippen LogP contribution is 2.33. The molecule has 4 aromatic rings. The van der Waals surface area contributed by atoms with E-state index in [0.717, 1.165) is 71.6 Å². The zero-order valence-electron chi connectivity index (χ0n) is 18.1. The van der Waals surface area contributed by atoms with Crippen molar-refractivity contribution >= 4 is 16.7 Å². The molecule has 1 saturated carbocycles. The predicted molar refractivity (Wildman–Crippen MR) is 121 cm³/mol. The summed E-state index contributed by atoms with van der Waals surface area (Å²) in [6.45, 7) is 4.79. The number of fused-ring (bicyclic) bond motifs is 3. The highest BCUT2D eigenvalue weighted by molar-refractivity contribution is 5.82. The molecule has 2 N–H and O–H groups in total. The van der Waals surface area contributed by atoms with Crippen molar-refractivity contribution in [2.45, 2.75) is 57.9 Å². The number of rotatable bonds is 7. The normalized spacial score (nSPS) is 15.3. The third kappa shape index (κ3) is 3.74. The topological polar surface area (TPSA) is 91.2 Å². The van der Waals surface area contributed by atoms with Gasteiger partial charge < -0.3 is 10.5 Å². The standard InChI is InChI=1S/C24H28N6O/c1-3-4-10-31-19-12-18(14-26-15-19)23-29-28-22-16(2)27-20-7-6-17(11-21(20)30(22)23)13-24(25)8-5-9-24/h6-7,11-12,14-15H,3-5,8-10,13,25H2,1-2H3. The van der Waals surface area contributed by atoms with Crippen LogP contribution in [0.5, 0.6) is 5.75 Å². The van der Waals surface area contributed by atoms with E-state index in [1.165, 1.54) is 12.0 Å². The first-order valence-corrected chi connectivity index (χ1v) is 11.1. The van der Waals surface area contributed by atoms with Gasteiger partial charge in [0.1, 0.15) is 5.75 Å². The number of pyridine rings is 1. The minimum absolute atomic E-state index is 0.0744. The smallest absolute Gasteiger partial charge is 0.183 e. The Hall–Kier alpha value is -3.06. The van der Waals surface area contributed by atoms with E-state index in [2.05, 4.69) is 44.7 Å². The minimum atomic E-state index is -0.0744. The summed E-state index contributed by atoms with van der Waals surface area (Å²) >= 11 is 0. The minimum Gasteiger partial charge on any atom is -0.492 e. The molecule has 0 aliphatic heterocycles. The van der Waals surface area contributed by atoms with Gasteiger partial charge in [-0.25, -0.2) is 4.98 Å². The molecule has 0 bridgehead atoms. The van der Waals surface area contributed by atoms with Crippen molar-refractivity contribution in [3.05, 3.63) is 47.9 Å². The van der Waals surface area contributed by atoms with Gasteiger partial charge in [0.2, 0.25) is 0 Å². The third-order valence-corrected chi connectivity index (χ3v) is 6.20. The van der Waals surface area contributed by atoms with Gasteiger partial charge in [0.05, 0.1) is 29.5 Å². The molecule has 0 amide bonds. The summed E-state index contributed by atoms with van der Waals surface area (Å²) in [6.07, 6.45) is 9.91. The lowest BCUT2D eigenvalue weighted by Gasteiger charge is -2.38. The highest BCUT2D eigenvalue weighted by Gasteiger charge is 2.32. The molecule has 0 unspecified atom stereocenters. The summed E-state index contributed by atoms with van der Waals surface area (Å²) in [5.41, 5.74) is 12.0. The van der Waals surface area contributed by atoms with Crippen LogP contribution in [0.1, 0.15) is 50.3 Å². The van der Waals surface area contributed by atoms with Crippen molar-refractivity contribution in [3.63, 3.8) is 0 Å². The number of aryl methyl sites for hydroxylation is 1. The Bertz CT molecular complexity index is 1240. The van der Waals surface area contributed by atoms with Crippen molar-refractivity contribution < 1.29 is 4.74 Å². The van der Waals surface area contributed by atoms with Crippen molar-refractivity contribution in [2.24, 2.45) is 5.73 Å². The van der Waals surface area contributed by atoms with Gasteiger partial charge in [-0.05, 0) is 62.8 Å². The van der Waals surface area contributed by atoms with Crippen LogP contribution in [0.25, 0.3) is 28.1 Å². The fraction of sp³-hybridized carbons (Fsp3) is 0.417. The van der Waals surface area contributed by atoms with Gasteiger partial charge in [-0.15, -0.1) is 10.2 Å². The van der Waals surface area contributed by atoms with E-state index in [-0.39, 0.29) is 5.54 Å². The number of unbranched alkanes of at least 4 members (excludes halogenated alkanes) is 1. The molecule has 0 saturated heterocycles. The Labute approximate surface area is 181 Å². The molecular formula is C24H28N6O. The maximum Gasteiger partial charge on any atom is 0.183 e. The summed E-state index contributed by atoms with van der Waals surface area (Å²) in [6, 6.07) is 8.38. The van der Waals surface area contributed by atoms with Crippen LogP contribution in [-0.4, -0.2) is 36.7 Å². The third-order valence-electron chi connectivity index (χ3n) is 6.20. The number of ether oxygens (including phenoxy) is 1. The van der Waals surface area contributed by atoms with Crippen LogP contribution < -0.4 is 10.5 Å². The molecule has 5 rings (SSSR count). The lowest BCUT2D eigenvalue weighted by molar-refractivity contribution is 0.247. The zero-order valence-corrected chi connectivity index (χ0v) is 18.1. The van der Waals surface area contributed by atoms with Gasteiger partial charge >= 0.3 is 0 Å². The molecule has 1 aliphatic rings. The second-order valence-corrected chi connectivity index (χ2v) is 8.71. The van der Waals surface area contributed by atoms with Crippen LogP contribution in [0.3, 0.4) is 0 Å². The molecule has 1 aliphatic carbocycles. The van der Waals surface area contributed by atoms with Crippen LogP contribution in [-0.2, 0) is 6.42 Å². The second-order valence-electron chi connectivity index (χ2n) is 8.71. The second kappa shape index (κ2) is 7.89. The van der Waals surface area contributed by atoms with E-state index in [1.54, 1.807) is 12.4 Å². The van der Waals surface area contributed by atoms with Crippen LogP contribution in [0.15, 0.2) is 36.7 Å². The number of aromatic nitrogens is 5. The predicted octanol–water partition coefficient (Wildman–Crippen LogP) is 4.25. The summed E-state index contributed by atoms with van der Waals surface area (Å²) < 4.78 is 7.94. The van der Waals surface area contributed by atoms with Crippen LogP contribution in [0, 0.1) is 6.92 Å². The average Bonchev–Trinajstić information content (AvgIpc) is 3.20. The largest absolute Gasteiger partial charge is 0.492 e. The number of nitrogens with zero attached hydrogens (tertiary/aromatic N) is 5. The molecule has 31 heavy (non-hydrogen) atoms. The first-order chi connectivity index (χ1) is 15.1. The Balaban J connectivity index is 1.61. The SMILES string of the molecule is CCCCOc1cncc(-c2nnc3c(C)nc4ccc(CC5(N)CCC5)cc4n23)c1. The monoisotopic (exact) mass is 416 g/mol. The molecule has 3 aromatic heterocycles. The highest BCUT2D eigenvalue weighted by atomic mass is 16.5. The van der Waals surface area contributed by atoms with Gasteiger partial charge in [0.25, 0.3) is 0 Å². The van der Waals surface area contributed by atoms with Crippen LogP contribution in [0.2, 0.25) is 0 Å². The van der Waals surface area contributed by atoms with Gasteiger partial charge in [-0.3, -0.25) is 9.38 Å². The summed E-state index contributed by atoms with van der Waals surface area (Å²) in [4.78, 5) is 9.13. The molecule has 160 valence electrons. The average molecular weight is 417 g/mol. The molecule has 0 radical (unpaired) electrons. The summed E-state index contributed by atoms with van der Waals surface area (Å²) in [5.74, 6) is 1.48. The molecular weight excluding hydrogens is 388 g/mol. The molecule has 7 nitrogen and oxygen atoms in total. The van der Waals surface area contributed by atoms with E-state index >= 15 is 0 Å². The van der Waals surface area contributed by atoms with Gasteiger partial charge in [-0.2, -0.15) is 0 Å². The number of nitrogens with two attached hydrogens (primary N) is 1. The quantitative estimate of drug-likeness (QED) is 0.453. The molecule has 1 fully saturated rings. The zero-order chi connectivity index (χ0) is 21.4.